The largest absolute Gasteiger partial charge is 0.451 e. The minimum absolute atomic E-state index is 0.285. The van der Waals surface area contributed by atoms with E-state index in [4.69, 9.17) is 4.74 Å². The summed E-state index contributed by atoms with van der Waals surface area (Å²) in [7, 11) is 0. The maximum atomic E-state index is 12.4. The van der Waals surface area contributed by atoms with Gasteiger partial charge in [0.1, 0.15) is 4.88 Å². The molecule has 0 radical (unpaired) electrons. The van der Waals surface area contributed by atoms with E-state index in [0.29, 0.717) is 10.6 Å². The molecule has 1 aliphatic heterocycles. The lowest BCUT2D eigenvalue weighted by Crippen LogP contribution is -2.45. The van der Waals surface area contributed by atoms with Crippen molar-refractivity contribution in [3.05, 3.63) is 81.5 Å². The molecule has 0 atom stereocenters. The molecule has 35 heavy (non-hydrogen) atoms. The van der Waals surface area contributed by atoms with E-state index < -0.39 is 5.97 Å². The number of rotatable bonds is 7. The number of carbonyl (C=O) groups excluding carboxylic acids is 2. The number of thiophene rings is 1. The van der Waals surface area contributed by atoms with Gasteiger partial charge in [-0.1, -0.05) is 30.3 Å². The summed E-state index contributed by atoms with van der Waals surface area (Å²) >= 11 is 1.50. The highest BCUT2D eigenvalue weighted by Gasteiger charge is 2.20. The predicted molar refractivity (Wildman–Crippen MR) is 140 cm³/mol. The Hall–Kier alpha value is -3.16. The van der Waals surface area contributed by atoms with Crippen molar-refractivity contribution in [3.63, 3.8) is 0 Å². The molecule has 1 aromatic heterocycles. The molecule has 1 N–H and O–H groups in total. The number of hydrogen-bond acceptors (Lipinski definition) is 6. The minimum atomic E-state index is -0.415. The Kier molecular flexibility index (Phi) is 7.45. The highest BCUT2D eigenvalue weighted by Crippen LogP contribution is 2.30. The number of benzene rings is 2. The van der Waals surface area contributed by atoms with Crippen molar-refractivity contribution in [2.75, 3.05) is 43.0 Å². The molecule has 1 amide bonds. The molecule has 182 valence electrons. The lowest BCUT2D eigenvalue weighted by atomic mass is 9.99. The fourth-order valence-corrected chi connectivity index (χ4v) is 5.90. The van der Waals surface area contributed by atoms with Crippen molar-refractivity contribution in [1.29, 1.82) is 0 Å². The van der Waals surface area contributed by atoms with E-state index in [-0.39, 0.29) is 12.5 Å². The Morgan fingerprint density at radius 2 is 1.66 bits per heavy atom. The second-order valence-electron chi connectivity index (χ2n) is 9.19. The number of piperazine rings is 1. The van der Waals surface area contributed by atoms with Gasteiger partial charge < -0.3 is 15.0 Å². The molecule has 1 aliphatic carbocycles. The molecule has 0 spiro atoms. The molecule has 0 bridgehead atoms. The molecular weight excluding hydrogens is 458 g/mol. The first kappa shape index (κ1) is 23.6. The molecule has 6 nitrogen and oxygen atoms in total. The Morgan fingerprint density at radius 3 is 2.40 bits per heavy atom. The van der Waals surface area contributed by atoms with E-state index in [2.05, 4.69) is 45.4 Å². The highest BCUT2D eigenvalue weighted by atomic mass is 32.1. The Balaban J connectivity index is 1.06. The molecule has 0 unspecified atom stereocenters. The number of aryl methyl sites for hydroxylation is 2. The number of fused-ring (bicyclic) bond motifs is 1. The number of esters is 1. The standard InChI is InChI=1S/C28H31N3O3S/c32-27(20-34-28(33)26-18-22-8-4-5-9-25(22)35-26)29-23-10-12-24(13-11-23)31-16-14-30(15-17-31)19-21-6-2-1-3-7-21/h1-3,6-7,10-13,18H,4-5,8-9,14-17,19-20H2,(H,29,32). The van der Waals surface area contributed by atoms with Gasteiger partial charge in [-0.15, -0.1) is 11.3 Å². The van der Waals surface area contributed by atoms with E-state index in [1.807, 2.05) is 30.3 Å². The fourth-order valence-electron chi connectivity index (χ4n) is 4.75. The van der Waals surface area contributed by atoms with Gasteiger partial charge in [0.05, 0.1) is 0 Å². The second kappa shape index (κ2) is 11.1. The van der Waals surface area contributed by atoms with Gasteiger partial charge in [0, 0.05) is 49.0 Å². The predicted octanol–water partition coefficient (Wildman–Crippen LogP) is 4.74. The van der Waals surface area contributed by atoms with E-state index in [1.54, 1.807) is 0 Å². The van der Waals surface area contributed by atoms with Crippen LogP contribution in [0.5, 0.6) is 0 Å². The van der Waals surface area contributed by atoms with Gasteiger partial charge in [-0.25, -0.2) is 4.79 Å². The van der Waals surface area contributed by atoms with E-state index in [0.717, 1.165) is 51.3 Å². The average molecular weight is 490 g/mol. The van der Waals surface area contributed by atoms with Crippen molar-refractivity contribution < 1.29 is 14.3 Å². The fraction of sp³-hybridized carbons (Fsp3) is 0.357. The summed E-state index contributed by atoms with van der Waals surface area (Å²) in [6, 6.07) is 20.4. The van der Waals surface area contributed by atoms with Crippen LogP contribution in [-0.2, 0) is 28.9 Å². The van der Waals surface area contributed by atoms with Gasteiger partial charge in [-0.2, -0.15) is 0 Å². The SMILES string of the molecule is O=C(COC(=O)c1cc2c(s1)CCCC2)Nc1ccc(N2CCN(Cc3ccccc3)CC2)cc1. The summed E-state index contributed by atoms with van der Waals surface area (Å²) in [6.07, 6.45) is 4.41. The number of hydrogen-bond donors (Lipinski definition) is 1. The summed E-state index contributed by atoms with van der Waals surface area (Å²) in [5.41, 5.74) is 4.45. The Morgan fingerprint density at radius 1 is 0.914 bits per heavy atom. The van der Waals surface area contributed by atoms with Crippen LogP contribution in [0, 0.1) is 0 Å². The quantitative estimate of drug-likeness (QED) is 0.486. The third kappa shape index (κ3) is 6.10. The molecule has 5 rings (SSSR count). The molecule has 2 aliphatic rings. The number of nitrogens with one attached hydrogen (secondary N) is 1. The molecule has 1 saturated heterocycles. The monoisotopic (exact) mass is 489 g/mol. The number of amides is 1. The van der Waals surface area contributed by atoms with Gasteiger partial charge in [0.2, 0.25) is 0 Å². The van der Waals surface area contributed by atoms with Crippen LogP contribution in [0.15, 0.2) is 60.7 Å². The number of ether oxygens (including phenoxy) is 1. The van der Waals surface area contributed by atoms with E-state index in [9.17, 15) is 9.59 Å². The van der Waals surface area contributed by atoms with Crippen molar-refractivity contribution in [2.45, 2.75) is 32.2 Å². The molecule has 3 aromatic rings. The molecule has 2 heterocycles. The highest BCUT2D eigenvalue weighted by molar-refractivity contribution is 7.14. The van der Waals surface area contributed by atoms with Crippen molar-refractivity contribution in [2.24, 2.45) is 0 Å². The average Bonchev–Trinajstić information content (AvgIpc) is 3.34. The topological polar surface area (TPSA) is 61.9 Å². The Labute approximate surface area is 210 Å². The maximum Gasteiger partial charge on any atom is 0.348 e. The number of nitrogens with zero attached hydrogens (tertiary/aromatic N) is 2. The zero-order valence-corrected chi connectivity index (χ0v) is 20.7. The number of carbonyl (C=O) groups is 2. The minimum Gasteiger partial charge on any atom is -0.451 e. The molecule has 1 fully saturated rings. The second-order valence-corrected chi connectivity index (χ2v) is 10.3. The maximum absolute atomic E-state index is 12.4. The molecular formula is C28H31N3O3S. The van der Waals surface area contributed by atoms with Crippen molar-refractivity contribution >= 4 is 34.6 Å². The first-order chi connectivity index (χ1) is 17.1. The third-order valence-electron chi connectivity index (χ3n) is 6.67. The van der Waals surface area contributed by atoms with Crippen LogP contribution in [0.3, 0.4) is 0 Å². The van der Waals surface area contributed by atoms with E-state index >= 15 is 0 Å². The molecule has 7 heteroatoms. The van der Waals surface area contributed by atoms with Gasteiger partial charge in [-0.05, 0) is 67.1 Å². The smallest absolute Gasteiger partial charge is 0.348 e. The van der Waals surface area contributed by atoms with Gasteiger partial charge in [0.15, 0.2) is 6.61 Å². The van der Waals surface area contributed by atoms with Crippen LogP contribution in [0.2, 0.25) is 0 Å². The Bertz CT molecular complexity index is 1130. The molecule has 0 saturated carbocycles. The molecule has 2 aromatic carbocycles. The van der Waals surface area contributed by atoms with Crippen LogP contribution in [0.4, 0.5) is 11.4 Å². The summed E-state index contributed by atoms with van der Waals surface area (Å²) in [6.45, 7) is 4.69. The first-order valence-corrected chi connectivity index (χ1v) is 13.2. The normalized spacial score (nSPS) is 15.9. The van der Waals surface area contributed by atoms with Gasteiger partial charge in [0.25, 0.3) is 5.91 Å². The van der Waals surface area contributed by atoms with Crippen LogP contribution >= 0.6 is 11.3 Å². The van der Waals surface area contributed by atoms with Crippen LogP contribution in [0.25, 0.3) is 0 Å². The summed E-state index contributed by atoms with van der Waals surface area (Å²) in [4.78, 5) is 31.4. The van der Waals surface area contributed by atoms with E-state index in [1.165, 1.54) is 40.2 Å². The van der Waals surface area contributed by atoms with Crippen molar-refractivity contribution in [1.82, 2.24) is 4.90 Å². The van der Waals surface area contributed by atoms with Crippen LogP contribution < -0.4 is 10.2 Å². The van der Waals surface area contributed by atoms with Crippen LogP contribution in [-0.4, -0.2) is 49.6 Å². The van der Waals surface area contributed by atoms with Crippen molar-refractivity contribution in [3.8, 4) is 0 Å². The van der Waals surface area contributed by atoms with Crippen LogP contribution in [0.1, 0.15) is 38.5 Å². The third-order valence-corrected chi connectivity index (χ3v) is 7.89. The summed E-state index contributed by atoms with van der Waals surface area (Å²) in [5.74, 6) is -0.747. The first-order valence-electron chi connectivity index (χ1n) is 12.3. The van der Waals surface area contributed by atoms with Gasteiger partial charge in [-0.3, -0.25) is 9.69 Å². The number of anilines is 2. The summed E-state index contributed by atoms with van der Waals surface area (Å²) in [5, 5.41) is 2.82. The lowest BCUT2D eigenvalue weighted by Gasteiger charge is -2.36. The zero-order valence-electron chi connectivity index (χ0n) is 19.9. The van der Waals surface area contributed by atoms with Gasteiger partial charge >= 0.3 is 5.97 Å². The lowest BCUT2D eigenvalue weighted by molar-refractivity contribution is -0.119. The summed E-state index contributed by atoms with van der Waals surface area (Å²) < 4.78 is 5.26. The zero-order chi connectivity index (χ0) is 24.0.